The fourth-order valence-electron chi connectivity index (χ4n) is 4.63. The lowest BCUT2D eigenvalue weighted by Crippen LogP contribution is -2.49. The van der Waals surface area contributed by atoms with E-state index in [0.29, 0.717) is 11.5 Å². The van der Waals surface area contributed by atoms with Gasteiger partial charge in [0.15, 0.2) is 5.11 Å². The minimum atomic E-state index is -0.528. The summed E-state index contributed by atoms with van der Waals surface area (Å²) in [5, 5.41) is 6.82. The van der Waals surface area contributed by atoms with E-state index in [0.717, 1.165) is 62.5 Å². The molecule has 1 aromatic carbocycles. The number of anilines is 1. The van der Waals surface area contributed by atoms with Gasteiger partial charge in [-0.15, -0.1) is 6.58 Å². The number of nitrogens with zero attached hydrogens (tertiary/aromatic N) is 2. The third-order valence-electron chi connectivity index (χ3n) is 6.41. The van der Waals surface area contributed by atoms with Gasteiger partial charge in [-0.1, -0.05) is 11.6 Å². The quantitative estimate of drug-likeness (QED) is 0.504. The second-order valence-corrected chi connectivity index (χ2v) is 9.46. The van der Waals surface area contributed by atoms with Gasteiger partial charge >= 0.3 is 0 Å². The molecule has 1 unspecified atom stereocenters. The maximum atomic E-state index is 13.1. The van der Waals surface area contributed by atoms with E-state index in [1.807, 2.05) is 36.1 Å². The van der Waals surface area contributed by atoms with Crippen LogP contribution in [0.1, 0.15) is 39.5 Å². The van der Waals surface area contributed by atoms with E-state index < -0.39 is 6.04 Å². The number of thiocarbonyl (C=S) groups is 1. The Hall–Kier alpha value is -2.61. The minimum absolute atomic E-state index is 0.00211. The zero-order valence-electron chi connectivity index (χ0n) is 19.3. The SMILES string of the molecule is C=C(C)CC(NC(C)=O)C(=O)N1CCC2(CCN(C(=S)Nc3cccc(OC)c3)CC2)C1. The van der Waals surface area contributed by atoms with E-state index in [2.05, 4.69) is 22.1 Å². The first-order valence-corrected chi connectivity index (χ1v) is 11.5. The molecule has 2 fully saturated rings. The van der Waals surface area contributed by atoms with Gasteiger partial charge in [-0.25, -0.2) is 0 Å². The van der Waals surface area contributed by atoms with Gasteiger partial charge in [0.25, 0.3) is 0 Å². The summed E-state index contributed by atoms with van der Waals surface area (Å²) in [6.07, 6.45) is 3.44. The van der Waals surface area contributed by atoms with Crippen molar-refractivity contribution >= 4 is 34.8 Å². The van der Waals surface area contributed by atoms with Gasteiger partial charge in [-0.05, 0) is 62.4 Å². The molecule has 0 saturated carbocycles. The zero-order chi connectivity index (χ0) is 23.3. The highest BCUT2D eigenvalue weighted by atomic mass is 32.1. The number of likely N-dealkylation sites (tertiary alicyclic amines) is 2. The second-order valence-electron chi connectivity index (χ2n) is 9.07. The van der Waals surface area contributed by atoms with Crippen LogP contribution in [0.4, 0.5) is 5.69 Å². The summed E-state index contributed by atoms with van der Waals surface area (Å²) in [5.74, 6) is 0.594. The predicted molar refractivity (Wildman–Crippen MR) is 131 cm³/mol. The molecule has 3 rings (SSSR count). The molecule has 2 N–H and O–H groups in total. The van der Waals surface area contributed by atoms with Gasteiger partial charge in [0, 0.05) is 44.9 Å². The Balaban J connectivity index is 1.55. The van der Waals surface area contributed by atoms with E-state index in [4.69, 9.17) is 17.0 Å². The molecule has 2 heterocycles. The smallest absolute Gasteiger partial charge is 0.245 e. The fraction of sp³-hybridized carbons (Fsp3) is 0.542. The number of rotatable bonds is 6. The second kappa shape index (κ2) is 10.3. The third kappa shape index (κ3) is 6.00. The Morgan fingerprint density at radius 3 is 2.44 bits per heavy atom. The molecule has 0 aromatic heterocycles. The van der Waals surface area contributed by atoms with Crippen LogP contribution in [0.5, 0.6) is 5.75 Å². The molecule has 0 bridgehead atoms. The van der Waals surface area contributed by atoms with Crippen LogP contribution in [0.15, 0.2) is 36.4 Å². The van der Waals surface area contributed by atoms with Crippen LogP contribution >= 0.6 is 12.2 Å². The number of ether oxygens (including phenoxy) is 1. The Labute approximate surface area is 196 Å². The molecule has 2 saturated heterocycles. The van der Waals surface area contributed by atoms with E-state index in [-0.39, 0.29) is 17.2 Å². The van der Waals surface area contributed by atoms with Crippen LogP contribution < -0.4 is 15.4 Å². The lowest BCUT2D eigenvalue weighted by Gasteiger charge is -2.40. The molecule has 1 aromatic rings. The first kappa shape index (κ1) is 24.0. The maximum absolute atomic E-state index is 13.1. The fourth-order valence-corrected chi connectivity index (χ4v) is 4.93. The summed E-state index contributed by atoms with van der Waals surface area (Å²) >= 11 is 5.64. The first-order valence-electron chi connectivity index (χ1n) is 11.1. The average Bonchev–Trinajstić information content (AvgIpc) is 3.16. The predicted octanol–water partition coefficient (Wildman–Crippen LogP) is 3.18. The van der Waals surface area contributed by atoms with E-state index in [9.17, 15) is 9.59 Å². The zero-order valence-corrected chi connectivity index (χ0v) is 20.1. The van der Waals surface area contributed by atoms with Crippen molar-refractivity contribution in [2.24, 2.45) is 5.41 Å². The largest absolute Gasteiger partial charge is 0.497 e. The van der Waals surface area contributed by atoms with Crippen molar-refractivity contribution < 1.29 is 14.3 Å². The van der Waals surface area contributed by atoms with Crippen molar-refractivity contribution in [3.63, 3.8) is 0 Å². The summed E-state index contributed by atoms with van der Waals surface area (Å²) in [6.45, 7) is 10.4. The molecule has 1 spiro atoms. The molecule has 8 heteroatoms. The molecule has 174 valence electrons. The number of carbonyl (C=O) groups is 2. The average molecular weight is 459 g/mol. The molecule has 2 aliphatic rings. The molecule has 32 heavy (non-hydrogen) atoms. The van der Waals surface area contributed by atoms with Crippen molar-refractivity contribution in [2.45, 2.75) is 45.6 Å². The highest BCUT2D eigenvalue weighted by Crippen LogP contribution is 2.40. The number of amides is 2. The summed E-state index contributed by atoms with van der Waals surface area (Å²) in [6, 6.07) is 7.20. The monoisotopic (exact) mass is 458 g/mol. The standard InChI is InChI=1S/C24H34N4O3S/c1-17(2)14-21(25-18(3)29)22(30)28-13-10-24(16-28)8-11-27(12-9-24)23(32)26-19-6-5-7-20(15-19)31-4/h5-7,15,21H,1,8-14,16H2,2-4H3,(H,25,29)(H,26,32). The Kier molecular flexibility index (Phi) is 7.77. The number of carbonyl (C=O) groups excluding carboxylic acids is 2. The number of hydrogen-bond acceptors (Lipinski definition) is 4. The van der Waals surface area contributed by atoms with E-state index in [1.54, 1.807) is 7.11 Å². The molecule has 2 aliphatic heterocycles. The van der Waals surface area contributed by atoms with Crippen LogP contribution in [0.2, 0.25) is 0 Å². The molecular formula is C24H34N4O3S. The van der Waals surface area contributed by atoms with Gasteiger partial charge in [0.05, 0.1) is 7.11 Å². The lowest BCUT2D eigenvalue weighted by molar-refractivity contribution is -0.135. The summed E-state index contributed by atoms with van der Waals surface area (Å²) in [5.41, 5.74) is 1.92. The number of piperidine rings is 1. The molecule has 0 aliphatic carbocycles. The van der Waals surface area contributed by atoms with E-state index >= 15 is 0 Å². The molecular weight excluding hydrogens is 424 g/mol. The Morgan fingerprint density at radius 1 is 1.19 bits per heavy atom. The topological polar surface area (TPSA) is 73.9 Å². The van der Waals surface area contributed by atoms with Crippen molar-refractivity contribution in [3.8, 4) is 5.75 Å². The number of nitrogens with one attached hydrogen (secondary N) is 2. The highest BCUT2D eigenvalue weighted by molar-refractivity contribution is 7.80. The Morgan fingerprint density at radius 2 is 1.84 bits per heavy atom. The number of methoxy groups -OCH3 is 1. The van der Waals surface area contributed by atoms with Crippen LogP contribution in [0.25, 0.3) is 0 Å². The summed E-state index contributed by atoms with van der Waals surface area (Å²) in [7, 11) is 1.65. The van der Waals surface area contributed by atoms with Crippen molar-refractivity contribution in [3.05, 3.63) is 36.4 Å². The summed E-state index contributed by atoms with van der Waals surface area (Å²) in [4.78, 5) is 28.8. The van der Waals surface area contributed by atoms with Gasteiger partial charge in [0.2, 0.25) is 11.8 Å². The molecule has 1 atom stereocenters. The van der Waals surface area contributed by atoms with Gasteiger partial charge < -0.3 is 25.2 Å². The van der Waals surface area contributed by atoms with Gasteiger partial charge in [-0.2, -0.15) is 0 Å². The number of hydrogen-bond donors (Lipinski definition) is 2. The first-order chi connectivity index (χ1) is 15.2. The van der Waals surface area contributed by atoms with Crippen molar-refractivity contribution in [1.82, 2.24) is 15.1 Å². The van der Waals surface area contributed by atoms with Crippen LogP contribution in [-0.2, 0) is 9.59 Å². The van der Waals surface area contributed by atoms with Gasteiger partial charge in [-0.3, -0.25) is 9.59 Å². The van der Waals surface area contributed by atoms with Crippen LogP contribution in [0, 0.1) is 5.41 Å². The molecule has 0 radical (unpaired) electrons. The highest BCUT2D eigenvalue weighted by Gasteiger charge is 2.43. The third-order valence-corrected chi connectivity index (χ3v) is 6.77. The summed E-state index contributed by atoms with van der Waals surface area (Å²) < 4.78 is 5.28. The van der Waals surface area contributed by atoms with Crippen LogP contribution in [0.3, 0.4) is 0 Å². The van der Waals surface area contributed by atoms with Crippen molar-refractivity contribution in [2.75, 3.05) is 38.6 Å². The number of benzene rings is 1. The maximum Gasteiger partial charge on any atom is 0.245 e. The van der Waals surface area contributed by atoms with Crippen molar-refractivity contribution in [1.29, 1.82) is 0 Å². The van der Waals surface area contributed by atoms with Gasteiger partial charge in [0.1, 0.15) is 11.8 Å². The van der Waals surface area contributed by atoms with Crippen LogP contribution in [-0.4, -0.2) is 66.1 Å². The molecule has 7 nitrogen and oxygen atoms in total. The van der Waals surface area contributed by atoms with E-state index in [1.165, 1.54) is 6.92 Å². The Bertz CT molecular complexity index is 864. The molecule has 2 amide bonds. The minimum Gasteiger partial charge on any atom is -0.497 e. The lowest BCUT2D eigenvalue weighted by atomic mass is 9.78. The normalized spacial score (nSPS) is 18.2.